The Morgan fingerprint density at radius 2 is 1.21 bits per heavy atom. The Balaban J connectivity index is 1.88. The Morgan fingerprint density at radius 1 is 0.692 bits per heavy atom. The molecule has 0 aliphatic heterocycles. The summed E-state index contributed by atoms with van der Waals surface area (Å²) in [6, 6.07) is 18.7. The minimum absolute atomic E-state index is 0.0953. The first-order valence-electron chi connectivity index (χ1n) is 11.3. The van der Waals surface area contributed by atoms with Gasteiger partial charge in [0.15, 0.2) is 0 Å². The maximum Gasteiger partial charge on any atom is 0.394 e. The van der Waals surface area contributed by atoms with Gasteiger partial charge in [-0.25, -0.2) is 0 Å². The molecule has 6 nitrogen and oxygen atoms in total. The zero-order chi connectivity index (χ0) is 28.1. The molecule has 3 aromatic carbocycles. The lowest BCUT2D eigenvalue weighted by atomic mass is 9.90. The van der Waals surface area contributed by atoms with Crippen LogP contribution in [0.4, 0.5) is 13.2 Å². The van der Waals surface area contributed by atoms with Crippen LogP contribution in [0.2, 0.25) is 0 Å². The Kier molecular flexibility index (Phi) is 5.72. The first-order valence-corrected chi connectivity index (χ1v) is 11.3. The van der Waals surface area contributed by atoms with E-state index >= 15 is 0 Å². The number of nitrogens with zero attached hydrogens (tertiary/aromatic N) is 4. The fraction of sp³-hybridized carbons (Fsp3) is 0.0667. The molecular formula is C30H13F3N4O2. The largest absolute Gasteiger partial charge is 0.433 e. The van der Waals surface area contributed by atoms with Crippen molar-refractivity contribution in [3.63, 3.8) is 0 Å². The molecule has 5 rings (SSSR count). The van der Waals surface area contributed by atoms with Crippen LogP contribution in [0.5, 0.6) is 11.5 Å². The third-order valence-electron chi connectivity index (χ3n) is 6.28. The van der Waals surface area contributed by atoms with Crippen molar-refractivity contribution in [3.05, 3.63) is 94.5 Å². The normalized spacial score (nSPS) is 12.0. The van der Waals surface area contributed by atoms with Gasteiger partial charge < -0.3 is 9.47 Å². The Hall–Kier alpha value is -5.77. The van der Waals surface area contributed by atoms with Crippen molar-refractivity contribution in [1.29, 1.82) is 21.0 Å². The average Bonchev–Trinajstić information content (AvgIpc) is 3.37. The van der Waals surface area contributed by atoms with Crippen LogP contribution in [0.1, 0.15) is 29.2 Å². The highest BCUT2D eigenvalue weighted by atomic mass is 19.3. The van der Waals surface area contributed by atoms with Crippen molar-refractivity contribution in [2.45, 2.75) is 13.0 Å². The summed E-state index contributed by atoms with van der Waals surface area (Å²) in [5.74, 6) is -0.0848. The molecule has 0 unspecified atom stereocenters. The molecule has 3 aromatic rings. The second-order valence-electron chi connectivity index (χ2n) is 8.64. The van der Waals surface area contributed by atoms with Gasteiger partial charge >= 0.3 is 6.11 Å². The molecule has 186 valence electrons. The highest BCUT2D eigenvalue weighted by Gasteiger charge is 2.37. The number of ether oxygens (including phenoxy) is 2. The summed E-state index contributed by atoms with van der Waals surface area (Å²) in [7, 11) is 0. The SMILES string of the molecule is C=C(F)Oc1ccc2c(c1)C(=C(C#N)C#N)c1c-2ccc2c1-c1ccc(OC(C)(F)F)cc1C2=C(C#N)C#N. The first-order chi connectivity index (χ1) is 18.6. The lowest BCUT2D eigenvalue weighted by Crippen LogP contribution is -2.19. The van der Waals surface area contributed by atoms with Crippen LogP contribution in [-0.4, -0.2) is 6.11 Å². The molecule has 0 aromatic heterocycles. The van der Waals surface area contributed by atoms with Gasteiger partial charge in [-0.1, -0.05) is 24.3 Å². The Labute approximate surface area is 220 Å². The second-order valence-corrected chi connectivity index (χ2v) is 8.64. The van der Waals surface area contributed by atoms with E-state index in [9.17, 15) is 34.2 Å². The fourth-order valence-corrected chi connectivity index (χ4v) is 5.03. The van der Waals surface area contributed by atoms with Crippen molar-refractivity contribution >= 4 is 11.1 Å². The van der Waals surface area contributed by atoms with Gasteiger partial charge in [0.25, 0.3) is 6.01 Å². The van der Waals surface area contributed by atoms with Crippen molar-refractivity contribution in [3.8, 4) is 58.0 Å². The third-order valence-corrected chi connectivity index (χ3v) is 6.28. The van der Waals surface area contributed by atoms with E-state index in [1.54, 1.807) is 18.2 Å². The second kappa shape index (κ2) is 8.96. The molecule has 0 bridgehead atoms. The quantitative estimate of drug-likeness (QED) is 0.184. The van der Waals surface area contributed by atoms with Crippen LogP contribution in [0.25, 0.3) is 33.4 Å². The topological polar surface area (TPSA) is 114 Å². The summed E-state index contributed by atoms with van der Waals surface area (Å²) in [5, 5.41) is 39.1. The maximum atomic E-state index is 13.6. The van der Waals surface area contributed by atoms with Crippen LogP contribution in [0.3, 0.4) is 0 Å². The van der Waals surface area contributed by atoms with Gasteiger partial charge in [-0.3, -0.25) is 0 Å². The van der Waals surface area contributed by atoms with Gasteiger partial charge in [-0.15, -0.1) is 0 Å². The van der Waals surface area contributed by atoms with Crippen LogP contribution in [-0.2, 0) is 0 Å². The van der Waals surface area contributed by atoms with Crippen LogP contribution in [0, 0.1) is 45.3 Å². The molecule has 0 heterocycles. The van der Waals surface area contributed by atoms with E-state index in [2.05, 4.69) is 6.58 Å². The van der Waals surface area contributed by atoms with Crippen molar-refractivity contribution in [2.24, 2.45) is 0 Å². The van der Waals surface area contributed by atoms with Crippen molar-refractivity contribution < 1.29 is 22.6 Å². The zero-order valence-corrected chi connectivity index (χ0v) is 20.1. The summed E-state index contributed by atoms with van der Waals surface area (Å²) in [5.41, 5.74) is 3.88. The zero-order valence-electron chi connectivity index (χ0n) is 20.1. The van der Waals surface area contributed by atoms with E-state index in [1.165, 1.54) is 30.3 Å². The number of halogens is 3. The molecular weight excluding hydrogens is 505 g/mol. The summed E-state index contributed by atoms with van der Waals surface area (Å²) >= 11 is 0. The molecule has 9 heteroatoms. The highest BCUT2D eigenvalue weighted by Crippen LogP contribution is 2.57. The van der Waals surface area contributed by atoms with Crippen molar-refractivity contribution in [1.82, 2.24) is 0 Å². The molecule has 0 atom stereocenters. The first kappa shape index (κ1) is 24.9. The van der Waals surface area contributed by atoms with Gasteiger partial charge in [-0.05, 0) is 69.8 Å². The minimum Gasteiger partial charge on any atom is -0.433 e. The van der Waals surface area contributed by atoms with E-state index < -0.39 is 12.1 Å². The number of nitriles is 4. The van der Waals surface area contributed by atoms with Gasteiger partial charge in [0, 0.05) is 23.6 Å². The summed E-state index contributed by atoms with van der Waals surface area (Å²) in [6.07, 6.45) is -3.48. The molecule has 0 fully saturated rings. The molecule has 0 N–H and O–H groups in total. The van der Waals surface area contributed by atoms with E-state index in [-0.39, 0.29) is 33.8 Å². The third kappa shape index (κ3) is 3.96. The van der Waals surface area contributed by atoms with Gasteiger partial charge in [-0.2, -0.15) is 34.2 Å². The predicted molar refractivity (Wildman–Crippen MR) is 134 cm³/mol. The fourth-order valence-electron chi connectivity index (χ4n) is 5.03. The van der Waals surface area contributed by atoms with Crippen LogP contribution < -0.4 is 9.47 Å². The Bertz CT molecular complexity index is 1840. The number of rotatable bonds is 4. The van der Waals surface area contributed by atoms with Gasteiger partial charge in [0.05, 0.1) is 0 Å². The molecule has 0 radical (unpaired) electrons. The lowest BCUT2D eigenvalue weighted by molar-refractivity contribution is -0.158. The predicted octanol–water partition coefficient (Wildman–Crippen LogP) is 7.16. The van der Waals surface area contributed by atoms with Crippen molar-refractivity contribution in [2.75, 3.05) is 0 Å². The molecule has 2 aliphatic carbocycles. The standard InChI is InChI=1S/C30H13F3N4O2/c1-15(31)38-18-3-5-20-21-7-8-23-26(16(11-34)12-35)25-10-19(39-30(2,32)33)4-6-22(25)28(23)29(21)27(24(20)9-18)17(13-36)14-37/h3-10H,1H2,2H3. The molecule has 0 saturated heterocycles. The van der Waals surface area contributed by atoms with Crippen LogP contribution in [0.15, 0.2) is 72.3 Å². The number of fused-ring (bicyclic) bond motifs is 7. The molecule has 2 aliphatic rings. The smallest absolute Gasteiger partial charge is 0.394 e. The van der Waals surface area contributed by atoms with Gasteiger partial charge in [0.1, 0.15) is 46.9 Å². The van der Waals surface area contributed by atoms with Crippen LogP contribution >= 0.6 is 0 Å². The summed E-state index contributed by atoms with van der Waals surface area (Å²) < 4.78 is 50.4. The van der Waals surface area contributed by atoms with E-state index in [1.807, 2.05) is 24.3 Å². The lowest BCUT2D eigenvalue weighted by Gasteiger charge is -2.14. The number of alkyl halides is 2. The van der Waals surface area contributed by atoms with E-state index in [4.69, 9.17) is 9.47 Å². The average molecular weight is 518 g/mol. The monoisotopic (exact) mass is 518 g/mol. The number of hydrogen-bond donors (Lipinski definition) is 0. The summed E-state index contributed by atoms with van der Waals surface area (Å²) in [6.45, 7) is 3.68. The summed E-state index contributed by atoms with van der Waals surface area (Å²) in [4.78, 5) is 0. The molecule has 0 amide bonds. The highest BCUT2D eigenvalue weighted by molar-refractivity contribution is 6.15. The number of benzene rings is 3. The molecule has 39 heavy (non-hydrogen) atoms. The van der Waals surface area contributed by atoms with E-state index in [0.29, 0.717) is 51.4 Å². The number of allylic oxidation sites excluding steroid dienone is 2. The molecule has 0 saturated carbocycles. The molecule has 0 spiro atoms. The maximum absolute atomic E-state index is 13.6. The van der Waals surface area contributed by atoms with E-state index in [0.717, 1.165) is 0 Å². The number of hydrogen-bond acceptors (Lipinski definition) is 6. The Morgan fingerprint density at radius 3 is 1.82 bits per heavy atom. The minimum atomic E-state index is -3.48. The van der Waals surface area contributed by atoms with Gasteiger partial charge in [0.2, 0.25) is 0 Å².